The van der Waals surface area contributed by atoms with Gasteiger partial charge in [0.2, 0.25) is 0 Å². The summed E-state index contributed by atoms with van der Waals surface area (Å²) < 4.78 is 0. The molecule has 4 N–H and O–H groups in total. The molecule has 0 aromatic rings. The standard InChI is InChI=1S/C10H22O4/c11-8-4-6-9(12)5-2-1-3-7-10(13)14/h9-14H,1-8H2. The highest BCUT2D eigenvalue weighted by molar-refractivity contribution is 4.56. The van der Waals surface area contributed by atoms with E-state index in [2.05, 4.69) is 0 Å². The van der Waals surface area contributed by atoms with Crippen LogP contribution in [0.2, 0.25) is 0 Å². The first-order chi connectivity index (χ1) is 6.66. The molecule has 0 aliphatic heterocycles. The summed E-state index contributed by atoms with van der Waals surface area (Å²) in [6.07, 6.45) is 3.53. The molecular weight excluding hydrogens is 184 g/mol. The lowest BCUT2D eigenvalue weighted by atomic mass is 10.1. The van der Waals surface area contributed by atoms with Crippen LogP contribution in [0.4, 0.5) is 0 Å². The van der Waals surface area contributed by atoms with Crippen LogP contribution in [0.3, 0.4) is 0 Å². The molecule has 0 aliphatic rings. The van der Waals surface area contributed by atoms with Crippen LogP contribution < -0.4 is 0 Å². The van der Waals surface area contributed by atoms with Gasteiger partial charge in [-0.05, 0) is 32.1 Å². The summed E-state index contributed by atoms with van der Waals surface area (Å²) in [6, 6.07) is 0. The minimum Gasteiger partial charge on any atom is -0.396 e. The number of unbranched alkanes of at least 4 members (excludes halogenated alkanes) is 2. The van der Waals surface area contributed by atoms with E-state index in [4.69, 9.17) is 15.3 Å². The molecule has 0 heterocycles. The molecule has 0 amide bonds. The van der Waals surface area contributed by atoms with Crippen molar-refractivity contribution in [3.8, 4) is 0 Å². The summed E-state index contributed by atoms with van der Waals surface area (Å²) in [5, 5.41) is 35.0. The Hall–Kier alpha value is -0.160. The number of rotatable bonds is 9. The first-order valence-electron chi connectivity index (χ1n) is 5.32. The lowest BCUT2D eigenvalue weighted by Crippen LogP contribution is -2.07. The summed E-state index contributed by atoms with van der Waals surface area (Å²) in [4.78, 5) is 0. The van der Waals surface area contributed by atoms with Crippen molar-refractivity contribution in [2.75, 3.05) is 6.61 Å². The zero-order valence-corrected chi connectivity index (χ0v) is 8.60. The smallest absolute Gasteiger partial charge is 0.151 e. The Bertz CT molecular complexity index is 117. The molecule has 1 atom stereocenters. The second kappa shape index (κ2) is 9.40. The lowest BCUT2D eigenvalue weighted by molar-refractivity contribution is -0.0466. The number of hydrogen-bond donors (Lipinski definition) is 4. The molecule has 14 heavy (non-hydrogen) atoms. The van der Waals surface area contributed by atoms with Gasteiger partial charge in [0.15, 0.2) is 6.29 Å². The van der Waals surface area contributed by atoms with Gasteiger partial charge in [0.05, 0.1) is 6.10 Å². The van der Waals surface area contributed by atoms with E-state index in [1.165, 1.54) is 0 Å². The summed E-state index contributed by atoms with van der Waals surface area (Å²) in [5.74, 6) is 0. The fourth-order valence-electron chi connectivity index (χ4n) is 1.35. The third-order valence-corrected chi connectivity index (χ3v) is 2.20. The maximum absolute atomic E-state index is 9.38. The second-order valence-corrected chi connectivity index (χ2v) is 3.64. The van der Waals surface area contributed by atoms with Crippen LogP contribution in [0, 0.1) is 0 Å². The minimum atomic E-state index is -1.20. The monoisotopic (exact) mass is 206 g/mol. The highest BCUT2D eigenvalue weighted by Crippen LogP contribution is 2.09. The van der Waals surface area contributed by atoms with Crippen molar-refractivity contribution in [3.05, 3.63) is 0 Å². The van der Waals surface area contributed by atoms with Gasteiger partial charge >= 0.3 is 0 Å². The maximum atomic E-state index is 9.38. The number of aliphatic hydroxyl groups excluding tert-OH is 3. The minimum absolute atomic E-state index is 0.133. The Morgan fingerprint density at radius 3 is 1.86 bits per heavy atom. The predicted octanol–water partition coefficient (Wildman–Crippen LogP) is 0.381. The Labute approximate surface area is 85.2 Å². The van der Waals surface area contributed by atoms with Crippen molar-refractivity contribution in [2.45, 2.75) is 57.3 Å². The molecule has 0 fully saturated rings. The largest absolute Gasteiger partial charge is 0.396 e. The predicted molar refractivity (Wildman–Crippen MR) is 53.6 cm³/mol. The van der Waals surface area contributed by atoms with Crippen LogP contribution in [0.25, 0.3) is 0 Å². The zero-order valence-electron chi connectivity index (χ0n) is 8.60. The molecular formula is C10H22O4. The van der Waals surface area contributed by atoms with Crippen molar-refractivity contribution in [1.29, 1.82) is 0 Å². The third-order valence-electron chi connectivity index (χ3n) is 2.20. The van der Waals surface area contributed by atoms with Gasteiger partial charge in [-0.1, -0.05) is 12.8 Å². The van der Waals surface area contributed by atoms with Crippen LogP contribution in [0.1, 0.15) is 44.9 Å². The molecule has 0 aliphatic carbocycles. The molecule has 0 spiro atoms. The van der Waals surface area contributed by atoms with Gasteiger partial charge in [0.1, 0.15) is 0 Å². The SMILES string of the molecule is OCCCC(O)CCCCCC(O)O. The molecule has 0 saturated heterocycles. The van der Waals surface area contributed by atoms with E-state index >= 15 is 0 Å². The van der Waals surface area contributed by atoms with E-state index in [0.717, 1.165) is 25.7 Å². The summed E-state index contributed by atoms with van der Waals surface area (Å²) in [7, 11) is 0. The highest BCUT2D eigenvalue weighted by atomic mass is 16.5. The van der Waals surface area contributed by atoms with Crippen molar-refractivity contribution in [3.63, 3.8) is 0 Å². The fourth-order valence-corrected chi connectivity index (χ4v) is 1.35. The summed E-state index contributed by atoms with van der Waals surface area (Å²) in [6.45, 7) is 0.133. The highest BCUT2D eigenvalue weighted by Gasteiger charge is 2.03. The molecule has 4 heteroatoms. The first kappa shape index (κ1) is 13.8. The topological polar surface area (TPSA) is 80.9 Å². The maximum Gasteiger partial charge on any atom is 0.151 e. The normalized spacial score (nSPS) is 13.5. The van der Waals surface area contributed by atoms with E-state index < -0.39 is 6.29 Å². The van der Waals surface area contributed by atoms with Crippen molar-refractivity contribution < 1.29 is 20.4 Å². The van der Waals surface area contributed by atoms with Gasteiger partial charge in [-0.25, -0.2) is 0 Å². The van der Waals surface area contributed by atoms with E-state index in [1.54, 1.807) is 0 Å². The molecule has 0 rings (SSSR count). The first-order valence-corrected chi connectivity index (χ1v) is 5.32. The summed E-state index contributed by atoms with van der Waals surface area (Å²) >= 11 is 0. The Morgan fingerprint density at radius 1 is 0.714 bits per heavy atom. The van der Waals surface area contributed by atoms with Crippen molar-refractivity contribution in [2.24, 2.45) is 0 Å². The fraction of sp³-hybridized carbons (Fsp3) is 1.00. The van der Waals surface area contributed by atoms with Crippen LogP contribution in [0.15, 0.2) is 0 Å². The molecule has 86 valence electrons. The zero-order chi connectivity index (χ0) is 10.8. The Kier molecular flexibility index (Phi) is 9.29. The van der Waals surface area contributed by atoms with Crippen LogP contribution >= 0.6 is 0 Å². The molecule has 4 nitrogen and oxygen atoms in total. The van der Waals surface area contributed by atoms with Gasteiger partial charge in [-0.2, -0.15) is 0 Å². The Balaban J connectivity index is 3.10. The average Bonchev–Trinajstić information content (AvgIpc) is 2.13. The summed E-state index contributed by atoms with van der Waals surface area (Å²) in [5.41, 5.74) is 0. The molecule has 0 aromatic heterocycles. The van der Waals surface area contributed by atoms with Gasteiger partial charge in [-0.15, -0.1) is 0 Å². The average molecular weight is 206 g/mol. The Morgan fingerprint density at radius 2 is 1.29 bits per heavy atom. The quantitative estimate of drug-likeness (QED) is 0.325. The van der Waals surface area contributed by atoms with Crippen LogP contribution in [-0.4, -0.2) is 39.4 Å². The third kappa shape index (κ3) is 9.92. The molecule has 0 saturated carbocycles. The van der Waals surface area contributed by atoms with Gasteiger partial charge in [0, 0.05) is 6.61 Å². The van der Waals surface area contributed by atoms with E-state index in [-0.39, 0.29) is 12.7 Å². The van der Waals surface area contributed by atoms with Crippen LogP contribution in [-0.2, 0) is 0 Å². The molecule has 1 unspecified atom stereocenters. The van der Waals surface area contributed by atoms with Gasteiger partial charge in [0.25, 0.3) is 0 Å². The van der Waals surface area contributed by atoms with E-state index in [9.17, 15) is 5.11 Å². The second-order valence-electron chi connectivity index (χ2n) is 3.64. The van der Waals surface area contributed by atoms with E-state index in [0.29, 0.717) is 19.3 Å². The van der Waals surface area contributed by atoms with Crippen molar-refractivity contribution in [1.82, 2.24) is 0 Å². The number of aliphatic hydroxyl groups is 4. The van der Waals surface area contributed by atoms with Gasteiger partial charge in [-0.3, -0.25) is 0 Å². The number of hydrogen-bond acceptors (Lipinski definition) is 4. The van der Waals surface area contributed by atoms with Crippen LogP contribution in [0.5, 0.6) is 0 Å². The molecule has 0 bridgehead atoms. The van der Waals surface area contributed by atoms with Crippen molar-refractivity contribution >= 4 is 0 Å². The van der Waals surface area contributed by atoms with E-state index in [1.807, 2.05) is 0 Å². The molecule has 0 aromatic carbocycles. The lowest BCUT2D eigenvalue weighted by Gasteiger charge is -2.09. The van der Waals surface area contributed by atoms with Gasteiger partial charge < -0.3 is 20.4 Å². The molecule has 0 radical (unpaired) electrons.